The number of imidazole rings is 1. The van der Waals surface area contributed by atoms with E-state index in [4.69, 9.17) is 0 Å². The molecule has 0 saturated carbocycles. The summed E-state index contributed by atoms with van der Waals surface area (Å²) in [5, 5.41) is 15.2. The van der Waals surface area contributed by atoms with Crippen molar-refractivity contribution in [2.75, 3.05) is 6.54 Å². The van der Waals surface area contributed by atoms with Crippen LogP contribution in [-0.4, -0.2) is 33.3 Å². The number of carbonyl (C=O) groups is 1. The zero-order valence-corrected chi connectivity index (χ0v) is 13.6. The molecule has 2 unspecified atom stereocenters. The van der Waals surface area contributed by atoms with Crippen molar-refractivity contribution in [2.45, 2.75) is 38.8 Å². The lowest BCUT2D eigenvalue weighted by Gasteiger charge is -2.17. The topological polar surface area (TPSA) is 79.2 Å². The fourth-order valence-electron chi connectivity index (χ4n) is 2.34. The quantitative estimate of drug-likeness (QED) is 0.734. The van der Waals surface area contributed by atoms with Gasteiger partial charge in [-0.2, -0.15) is 0 Å². The Morgan fingerprint density at radius 3 is 2.96 bits per heavy atom. The first-order chi connectivity index (χ1) is 11.1. The van der Waals surface area contributed by atoms with Crippen LogP contribution in [-0.2, 0) is 0 Å². The Hall–Kier alpha value is -2.34. The lowest BCUT2D eigenvalue weighted by molar-refractivity contribution is 0.160. The summed E-state index contributed by atoms with van der Waals surface area (Å²) < 4.78 is 1.91. The first kappa shape index (κ1) is 17.0. The molecule has 1 aromatic carbocycles. The summed E-state index contributed by atoms with van der Waals surface area (Å²) in [5.41, 5.74) is 1.99. The molecule has 1 aromatic heterocycles. The van der Waals surface area contributed by atoms with Crippen molar-refractivity contribution >= 4 is 6.03 Å². The molecule has 2 aromatic rings. The number of hydrogen-bond donors (Lipinski definition) is 3. The summed E-state index contributed by atoms with van der Waals surface area (Å²) in [6, 6.07) is 7.50. The first-order valence-electron chi connectivity index (χ1n) is 7.91. The lowest BCUT2D eigenvalue weighted by atomic mass is 10.1. The first-order valence-corrected chi connectivity index (χ1v) is 7.91. The summed E-state index contributed by atoms with van der Waals surface area (Å²) in [7, 11) is 0. The molecule has 6 nitrogen and oxygen atoms in total. The van der Waals surface area contributed by atoms with Crippen molar-refractivity contribution in [2.24, 2.45) is 0 Å². The van der Waals surface area contributed by atoms with Crippen LogP contribution < -0.4 is 10.6 Å². The molecular formula is C17H24N4O2. The van der Waals surface area contributed by atoms with Crippen LogP contribution in [0, 0.1) is 0 Å². The maximum atomic E-state index is 11.9. The molecule has 0 spiro atoms. The molecule has 0 radical (unpaired) electrons. The molecule has 124 valence electrons. The number of nitrogens with zero attached hydrogens (tertiary/aromatic N) is 2. The van der Waals surface area contributed by atoms with Gasteiger partial charge in [-0.1, -0.05) is 25.5 Å². The summed E-state index contributed by atoms with van der Waals surface area (Å²) in [6.07, 6.45) is 6.41. The molecule has 3 N–H and O–H groups in total. The van der Waals surface area contributed by atoms with Gasteiger partial charge in [-0.25, -0.2) is 9.78 Å². The van der Waals surface area contributed by atoms with Crippen molar-refractivity contribution < 1.29 is 9.90 Å². The standard InChI is InChI=1S/C17H24N4O2/c1-3-5-16(22)11-19-17(23)20-13(2)14-6-4-7-15(10-14)21-9-8-18-12-21/h4,6-10,12-13,16,22H,3,5,11H2,1-2H3,(H2,19,20,23). The number of carbonyl (C=O) groups excluding carboxylic acids is 1. The molecule has 2 amide bonds. The van der Waals surface area contributed by atoms with Crippen molar-refractivity contribution in [1.82, 2.24) is 20.2 Å². The highest BCUT2D eigenvalue weighted by atomic mass is 16.3. The molecule has 0 aliphatic carbocycles. The molecule has 0 aliphatic rings. The SMILES string of the molecule is CCCC(O)CNC(=O)NC(C)c1cccc(-n2ccnc2)c1. The average molecular weight is 316 g/mol. The number of amides is 2. The van der Waals surface area contributed by atoms with Gasteiger partial charge in [-0.3, -0.25) is 0 Å². The number of aliphatic hydroxyl groups excluding tert-OH is 1. The number of aromatic nitrogens is 2. The zero-order chi connectivity index (χ0) is 16.7. The number of hydrogen-bond acceptors (Lipinski definition) is 3. The van der Waals surface area contributed by atoms with Gasteiger partial charge in [0, 0.05) is 24.6 Å². The van der Waals surface area contributed by atoms with E-state index in [1.807, 2.05) is 48.9 Å². The van der Waals surface area contributed by atoms with Gasteiger partial charge in [0.15, 0.2) is 0 Å². The van der Waals surface area contributed by atoms with E-state index < -0.39 is 6.10 Å². The molecule has 0 aliphatic heterocycles. The predicted molar refractivity (Wildman–Crippen MR) is 89.4 cm³/mol. The second kappa shape index (κ2) is 8.33. The maximum Gasteiger partial charge on any atom is 0.315 e. The van der Waals surface area contributed by atoms with Gasteiger partial charge in [0.2, 0.25) is 0 Å². The zero-order valence-electron chi connectivity index (χ0n) is 13.6. The molecule has 2 atom stereocenters. The van der Waals surface area contributed by atoms with Gasteiger partial charge >= 0.3 is 6.03 Å². The van der Waals surface area contributed by atoms with E-state index in [0.717, 1.165) is 17.7 Å². The van der Waals surface area contributed by atoms with Crippen LogP contribution in [0.5, 0.6) is 0 Å². The third-order valence-corrected chi connectivity index (χ3v) is 3.64. The molecule has 2 rings (SSSR count). The van der Waals surface area contributed by atoms with Crippen LogP contribution in [0.1, 0.15) is 38.3 Å². The number of benzene rings is 1. The van der Waals surface area contributed by atoms with Gasteiger partial charge in [-0.05, 0) is 31.0 Å². The predicted octanol–water partition coefficient (Wildman–Crippen LogP) is 2.39. The van der Waals surface area contributed by atoms with E-state index in [1.165, 1.54) is 0 Å². The van der Waals surface area contributed by atoms with E-state index in [9.17, 15) is 9.90 Å². The Kier molecular flexibility index (Phi) is 6.17. The maximum absolute atomic E-state index is 11.9. The molecule has 6 heteroatoms. The Morgan fingerprint density at radius 1 is 1.43 bits per heavy atom. The Bertz CT molecular complexity index is 613. The molecule has 23 heavy (non-hydrogen) atoms. The minimum absolute atomic E-state index is 0.137. The number of nitrogens with one attached hydrogen (secondary N) is 2. The van der Waals surface area contributed by atoms with Crippen LogP contribution in [0.4, 0.5) is 4.79 Å². The summed E-state index contributed by atoms with van der Waals surface area (Å²) in [6.45, 7) is 4.19. The summed E-state index contributed by atoms with van der Waals surface area (Å²) >= 11 is 0. The minimum atomic E-state index is -0.495. The Labute approximate surface area is 136 Å². The fourth-order valence-corrected chi connectivity index (χ4v) is 2.34. The van der Waals surface area contributed by atoms with E-state index >= 15 is 0 Å². The van der Waals surface area contributed by atoms with Gasteiger partial charge < -0.3 is 20.3 Å². The van der Waals surface area contributed by atoms with Gasteiger partial charge in [-0.15, -0.1) is 0 Å². The van der Waals surface area contributed by atoms with E-state index in [2.05, 4.69) is 15.6 Å². The fraction of sp³-hybridized carbons (Fsp3) is 0.412. The van der Waals surface area contributed by atoms with Crippen molar-refractivity contribution in [3.8, 4) is 5.69 Å². The highest BCUT2D eigenvalue weighted by Crippen LogP contribution is 2.16. The molecular weight excluding hydrogens is 292 g/mol. The highest BCUT2D eigenvalue weighted by Gasteiger charge is 2.11. The molecule has 1 heterocycles. The van der Waals surface area contributed by atoms with Crippen molar-refractivity contribution in [1.29, 1.82) is 0 Å². The van der Waals surface area contributed by atoms with Crippen LogP contribution in [0.3, 0.4) is 0 Å². The van der Waals surface area contributed by atoms with Gasteiger partial charge in [0.05, 0.1) is 18.5 Å². The third kappa shape index (κ3) is 5.10. The third-order valence-electron chi connectivity index (χ3n) is 3.64. The average Bonchev–Trinajstić information content (AvgIpc) is 3.08. The van der Waals surface area contributed by atoms with E-state index in [1.54, 1.807) is 12.5 Å². The van der Waals surface area contributed by atoms with Crippen molar-refractivity contribution in [3.63, 3.8) is 0 Å². The second-order valence-corrected chi connectivity index (χ2v) is 5.58. The van der Waals surface area contributed by atoms with E-state index in [0.29, 0.717) is 6.42 Å². The normalized spacial score (nSPS) is 13.3. The summed E-state index contributed by atoms with van der Waals surface area (Å²) in [5.74, 6) is 0. The van der Waals surface area contributed by atoms with Gasteiger partial charge in [0.25, 0.3) is 0 Å². The number of urea groups is 1. The molecule has 0 bridgehead atoms. The van der Waals surface area contributed by atoms with Gasteiger partial charge in [0.1, 0.15) is 0 Å². The highest BCUT2D eigenvalue weighted by molar-refractivity contribution is 5.74. The second-order valence-electron chi connectivity index (χ2n) is 5.58. The Morgan fingerprint density at radius 2 is 2.26 bits per heavy atom. The largest absolute Gasteiger partial charge is 0.391 e. The number of rotatable bonds is 7. The Balaban J connectivity index is 1.91. The van der Waals surface area contributed by atoms with Crippen LogP contribution in [0.15, 0.2) is 43.0 Å². The smallest absolute Gasteiger partial charge is 0.315 e. The van der Waals surface area contributed by atoms with E-state index in [-0.39, 0.29) is 18.6 Å². The molecule has 0 fully saturated rings. The lowest BCUT2D eigenvalue weighted by Crippen LogP contribution is -2.40. The van der Waals surface area contributed by atoms with Crippen LogP contribution in [0.25, 0.3) is 5.69 Å². The van der Waals surface area contributed by atoms with Crippen LogP contribution >= 0.6 is 0 Å². The summed E-state index contributed by atoms with van der Waals surface area (Å²) in [4.78, 5) is 15.9. The monoisotopic (exact) mass is 316 g/mol. The molecule has 0 saturated heterocycles. The van der Waals surface area contributed by atoms with Crippen LogP contribution in [0.2, 0.25) is 0 Å². The minimum Gasteiger partial charge on any atom is -0.391 e. The number of aliphatic hydroxyl groups is 1. The van der Waals surface area contributed by atoms with Crippen molar-refractivity contribution in [3.05, 3.63) is 48.5 Å².